The molecule has 1 N–H and O–H groups in total. The minimum Gasteiger partial charge on any atom is -0.338 e. The van der Waals surface area contributed by atoms with Gasteiger partial charge in [0.2, 0.25) is 5.91 Å². The van der Waals surface area contributed by atoms with Crippen molar-refractivity contribution in [3.8, 4) is 0 Å². The van der Waals surface area contributed by atoms with E-state index in [2.05, 4.69) is 10.2 Å². The molecule has 0 aromatic carbocycles. The zero-order valence-corrected chi connectivity index (χ0v) is 14.4. The first-order valence-corrected chi connectivity index (χ1v) is 9.16. The fraction of sp³-hybridized carbons (Fsp3) is 0.706. The van der Waals surface area contributed by atoms with Crippen molar-refractivity contribution < 1.29 is 4.79 Å². The average molecular weight is 332 g/mol. The van der Waals surface area contributed by atoms with Gasteiger partial charge in [-0.05, 0) is 62.6 Å². The molecule has 124 valence electrons. The fourth-order valence-corrected chi connectivity index (χ4v) is 3.89. The Labute approximate surface area is 141 Å². The van der Waals surface area contributed by atoms with E-state index in [9.17, 15) is 4.79 Å². The quantitative estimate of drug-likeness (QED) is 0.681. The third kappa shape index (κ3) is 3.13. The number of nitrogens with zero attached hydrogens (tertiary/aromatic N) is 3. The highest BCUT2D eigenvalue weighted by atomic mass is 32.1. The first-order valence-electron chi connectivity index (χ1n) is 8.75. The van der Waals surface area contributed by atoms with Gasteiger partial charge in [-0.25, -0.2) is 0 Å². The molecule has 0 spiro atoms. The van der Waals surface area contributed by atoms with Crippen LogP contribution in [0.1, 0.15) is 50.3 Å². The molecule has 1 aromatic rings. The van der Waals surface area contributed by atoms with Crippen LogP contribution in [0.25, 0.3) is 0 Å². The van der Waals surface area contributed by atoms with Gasteiger partial charge in [0.15, 0.2) is 4.77 Å². The van der Waals surface area contributed by atoms with Crippen LogP contribution < -0.4 is 0 Å². The highest BCUT2D eigenvalue weighted by Gasteiger charge is 2.37. The van der Waals surface area contributed by atoms with E-state index in [0.717, 1.165) is 31.8 Å². The standard InChI is InChI=1S/C17H24N4OS/c1-20-16(18-19-17(20)23)13-3-2-8-21(10-13)15(22)9-14(11-4-5-11)12-6-7-12/h9,11-13H,2-8,10H2,1H3,(H,19,23)/t13-/m1/s1. The summed E-state index contributed by atoms with van der Waals surface area (Å²) in [6.45, 7) is 1.62. The maximum Gasteiger partial charge on any atom is 0.246 e. The van der Waals surface area contributed by atoms with Crippen LogP contribution in [0.2, 0.25) is 0 Å². The van der Waals surface area contributed by atoms with Gasteiger partial charge >= 0.3 is 0 Å². The van der Waals surface area contributed by atoms with Crippen molar-refractivity contribution in [2.45, 2.75) is 44.4 Å². The maximum absolute atomic E-state index is 12.7. The topological polar surface area (TPSA) is 53.9 Å². The summed E-state index contributed by atoms with van der Waals surface area (Å²) in [7, 11) is 1.94. The Bertz CT molecular complexity index is 682. The second-order valence-corrected chi connectivity index (χ2v) is 7.65. The van der Waals surface area contributed by atoms with E-state index in [1.165, 1.54) is 31.3 Å². The van der Waals surface area contributed by atoms with Crippen LogP contribution in [0.4, 0.5) is 0 Å². The Morgan fingerprint density at radius 1 is 1.26 bits per heavy atom. The van der Waals surface area contributed by atoms with Gasteiger partial charge in [0.05, 0.1) is 0 Å². The van der Waals surface area contributed by atoms with Crippen molar-refractivity contribution >= 4 is 18.1 Å². The lowest BCUT2D eigenvalue weighted by molar-refractivity contribution is -0.127. The first kappa shape index (κ1) is 15.1. The fourth-order valence-electron chi connectivity index (χ4n) is 3.75. The summed E-state index contributed by atoms with van der Waals surface area (Å²) < 4.78 is 2.58. The number of hydrogen-bond donors (Lipinski definition) is 1. The van der Waals surface area contributed by atoms with Crippen molar-refractivity contribution in [1.29, 1.82) is 0 Å². The number of likely N-dealkylation sites (tertiary alicyclic amines) is 1. The van der Waals surface area contributed by atoms with Gasteiger partial charge < -0.3 is 9.47 Å². The third-order valence-electron chi connectivity index (χ3n) is 5.40. The molecule has 1 saturated heterocycles. The molecule has 6 heteroatoms. The lowest BCUT2D eigenvalue weighted by Gasteiger charge is -2.31. The van der Waals surface area contributed by atoms with Crippen LogP contribution in [0.5, 0.6) is 0 Å². The van der Waals surface area contributed by atoms with Crippen LogP contribution in [0, 0.1) is 16.6 Å². The lowest BCUT2D eigenvalue weighted by Crippen LogP contribution is -2.39. The normalized spacial score (nSPS) is 24.6. The van der Waals surface area contributed by atoms with Gasteiger partial charge in [-0.2, -0.15) is 5.10 Å². The summed E-state index contributed by atoms with van der Waals surface area (Å²) in [5, 5.41) is 7.22. The molecule has 0 bridgehead atoms. The number of carbonyl (C=O) groups is 1. The van der Waals surface area contributed by atoms with Gasteiger partial charge in [0.25, 0.3) is 0 Å². The molecule has 1 amide bonds. The van der Waals surface area contributed by atoms with E-state index < -0.39 is 0 Å². The molecule has 23 heavy (non-hydrogen) atoms. The van der Waals surface area contributed by atoms with Gasteiger partial charge in [-0.15, -0.1) is 0 Å². The number of H-pyrrole nitrogens is 1. The third-order valence-corrected chi connectivity index (χ3v) is 5.77. The molecule has 2 heterocycles. The monoisotopic (exact) mass is 332 g/mol. The first-order chi connectivity index (χ1) is 11.1. The summed E-state index contributed by atoms with van der Waals surface area (Å²) in [5.74, 6) is 2.88. The Morgan fingerprint density at radius 2 is 1.96 bits per heavy atom. The van der Waals surface area contributed by atoms with Crippen molar-refractivity contribution in [2.75, 3.05) is 13.1 Å². The van der Waals surface area contributed by atoms with E-state index in [1.807, 2.05) is 22.6 Å². The molecule has 4 rings (SSSR count). The number of rotatable bonds is 4. The largest absolute Gasteiger partial charge is 0.338 e. The van der Waals surface area contributed by atoms with Crippen molar-refractivity contribution in [1.82, 2.24) is 19.7 Å². The highest BCUT2D eigenvalue weighted by molar-refractivity contribution is 7.71. The van der Waals surface area contributed by atoms with Gasteiger partial charge in [0, 0.05) is 32.1 Å². The summed E-state index contributed by atoms with van der Waals surface area (Å²) in [6.07, 6.45) is 9.20. The number of piperidine rings is 1. The molecule has 2 aliphatic carbocycles. The van der Waals surface area contributed by atoms with E-state index in [-0.39, 0.29) is 11.8 Å². The Hall–Kier alpha value is -1.43. The molecule has 0 radical (unpaired) electrons. The van der Waals surface area contributed by atoms with E-state index in [1.54, 1.807) is 0 Å². The minimum absolute atomic E-state index is 0.209. The molecule has 1 atom stereocenters. The molecule has 1 aromatic heterocycles. The molecular weight excluding hydrogens is 308 g/mol. The Kier molecular flexibility index (Phi) is 3.87. The average Bonchev–Trinajstić information content (AvgIpc) is 3.46. The van der Waals surface area contributed by atoms with Gasteiger partial charge in [0.1, 0.15) is 5.82 Å². The Balaban J connectivity index is 1.48. The highest BCUT2D eigenvalue weighted by Crippen LogP contribution is 2.48. The zero-order chi connectivity index (χ0) is 16.0. The Morgan fingerprint density at radius 3 is 2.52 bits per heavy atom. The number of aromatic amines is 1. The number of amides is 1. The van der Waals surface area contributed by atoms with Crippen LogP contribution in [-0.4, -0.2) is 38.7 Å². The molecule has 1 aliphatic heterocycles. The molecular formula is C17H24N4OS. The molecule has 0 unspecified atom stereocenters. The summed E-state index contributed by atoms with van der Waals surface area (Å²) in [5.41, 5.74) is 1.44. The number of nitrogens with one attached hydrogen (secondary N) is 1. The predicted molar refractivity (Wildman–Crippen MR) is 90.5 cm³/mol. The molecule has 3 fully saturated rings. The second-order valence-electron chi connectivity index (χ2n) is 7.26. The van der Waals surface area contributed by atoms with E-state index in [0.29, 0.717) is 16.6 Å². The number of aromatic nitrogens is 3. The number of allylic oxidation sites excluding steroid dienone is 1. The molecule has 3 aliphatic rings. The van der Waals surface area contributed by atoms with Crippen LogP contribution in [0.15, 0.2) is 11.6 Å². The summed E-state index contributed by atoms with van der Waals surface area (Å²) >= 11 is 5.21. The predicted octanol–water partition coefficient (Wildman–Crippen LogP) is 2.93. The van der Waals surface area contributed by atoms with Crippen LogP contribution in [0.3, 0.4) is 0 Å². The van der Waals surface area contributed by atoms with Crippen LogP contribution >= 0.6 is 12.2 Å². The summed E-state index contributed by atoms with van der Waals surface area (Å²) in [4.78, 5) is 14.7. The number of hydrogen-bond acceptors (Lipinski definition) is 3. The van der Waals surface area contributed by atoms with Crippen molar-refractivity contribution in [2.24, 2.45) is 18.9 Å². The zero-order valence-electron chi connectivity index (χ0n) is 13.6. The van der Waals surface area contributed by atoms with Crippen molar-refractivity contribution in [3.63, 3.8) is 0 Å². The second kappa shape index (κ2) is 5.89. The smallest absolute Gasteiger partial charge is 0.246 e. The van der Waals surface area contributed by atoms with E-state index in [4.69, 9.17) is 12.2 Å². The molecule has 2 saturated carbocycles. The lowest BCUT2D eigenvalue weighted by atomic mass is 9.96. The van der Waals surface area contributed by atoms with Crippen LogP contribution in [-0.2, 0) is 11.8 Å². The van der Waals surface area contributed by atoms with Gasteiger partial charge in [-0.3, -0.25) is 9.89 Å². The summed E-state index contributed by atoms with van der Waals surface area (Å²) in [6, 6.07) is 0. The number of carbonyl (C=O) groups excluding carboxylic acids is 1. The van der Waals surface area contributed by atoms with Crippen molar-refractivity contribution in [3.05, 3.63) is 22.2 Å². The van der Waals surface area contributed by atoms with Gasteiger partial charge in [-0.1, -0.05) is 5.57 Å². The molecule has 5 nitrogen and oxygen atoms in total. The maximum atomic E-state index is 12.7. The SMILES string of the molecule is Cn1c([C@@H]2CCCN(C(=O)C=C(C3CC3)C3CC3)C2)n[nH]c1=S. The minimum atomic E-state index is 0.209. The van der Waals surface area contributed by atoms with E-state index >= 15 is 0 Å².